The first-order valence-electron chi connectivity index (χ1n) is 4.26. The summed E-state index contributed by atoms with van der Waals surface area (Å²) in [6.45, 7) is -0.00676. The zero-order chi connectivity index (χ0) is 11.1. The number of halogens is 4. The highest BCUT2D eigenvalue weighted by Crippen LogP contribution is 2.35. The lowest BCUT2D eigenvalue weighted by atomic mass is 10.00. The van der Waals surface area contributed by atoms with E-state index in [-0.39, 0.29) is 13.1 Å². The molecule has 1 aliphatic heterocycles. The Balaban J connectivity index is 2.00. The highest BCUT2D eigenvalue weighted by atomic mass is 127. The monoisotopic (exact) mass is 329 g/mol. The van der Waals surface area contributed by atoms with E-state index in [0.717, 1.165) is 3.70 Å². The van der Waals surface area contributed by atoms with Gasteiger partial charge in [0, 0.05) is 19.2 Å². The van der Waals surface area contributed by atoms with Crippen LogP contribution in [0.25, 0.3) is 0 Å². The molecule has 0 radical (unpaired) electrons. The van der Waals surface area contributed by atoms with Crippen molar-refractivity contribution in [1.82, 2.24) is 9.97 Å². The summed E-state index contributed by atoms with van der Waals surface area (Å²) in [5, 5.41) is 0. The second kappa shape index (κ2) is 3.76. The summed E-state index contributed by atoms with van der Waals surface area (Å²) in [5.41, 5.74) is 0. The Labute approximate surface area is 97.8 Å². The van der Waals surface area contributed by atoms with Gasteiger partial charge in [-0.05, 0) is 22.6 Å². The van der Waals surface area contributed by atoms with Gasteiger partial charge >= 0.3 is 6.18 Å². The normalized spacial score (nSPS) is 17.7. The van der Waals surface area contributed by atoms with E-state index in [4.69, 9.17) is 0 Å². The minimum absolute atomic E-state index is 0.00338. The quantitative estimate of drug-likeness (QED) is 0.584. The summed E-state index contributed by atoms with van der Waals surface area (Å²) in [7, 11) is 0. The third-order valence-electron chi connectivity index (χ3n) is 2.29. The molecule has 3 nitrogen and oxygen atoms in total. The molecular weight excluding hydrogens is 322 g/mol. The minimum Gasteiger partial charge on any atom is -0.355 e. The Morgan fingerprint density at radius 1 is 1.33 bits per heavy atom. The standard InChI is InChI=1S/C8H7F3IN3/c9-8(10,11)5-2-15(3-5)7-1-6(12)13-4-14-7/h1,4-5H,2-3H2. The van der Waals surface area contributed by atoms with Crippen LogP contribution < -0.4 is 4.90 Å². The Bertz CT molecular complexity index is 362. The van der Waals surface area contributed by atoms with Gasteiger partial charge < -0.3 is 4.90 Å². The van der Waals surface area contributed by atoms with Crippen LogP contribution in [0.5, 0.6) is 0 Å². The van der Waals surface area contributed by atoms with Crippen LogP contribution in [0.4, 0.5) is 19.0 Å². The van der Waals surface area contributed by atoms with Crippen molar-refractivity contribution in [3.8, 4) is 0 Å². The molecule has 82 valence electrons. The molecule has 1 fully saturated rings. The highest BCUT2D eigenvalue weighted by Gasteiger charge is 2.47. The van der Waals surface area contributed by atoms with Gasteiger partial charge in [-0.1, -0.05) is 0 Å². The van der Waals surface area contributed by atoms with E-state index in [9.17, 15) is 13.2 Å². The van der Waals surface area contributed by atoms with Crippen molar-refractivity contribution in [1.29, 1.82) is 0 Å². The van der Waals surface area contributed by atoms with Crippen molar-refractivity contribution in [3.05, 3.63) is 16.1 Å². The molecule has 1 aromatic rings. The summed E-state index contributed by atoms with van der Waals surface area (Å²) in [6, 6.07) is 1.67. The number of hydrogen-bond acceptors (Lipinski definition) is 3. The third kappa shape index (κ3) is 2.32. The second-order valence-electron chi connectivity index (χ2n) is 3.34. The molecule has 1 aromatic heterocycles. The maximum Gasteiger partial charge on any atom is 0.395 e. The molecule has 0 bridgehead atoms. The van der Waals surface area contributed by atoms with Gasteiger partial charge in [-0.3, -0.25) is 0 Å². The average Bonchev–Trinajstić information content (AvgIpc) is 1.97. The third-order valence-corrected chi connectivity index (χ3v) is 2.88. The Kier molecular flexibility index (Phi) is 2.73. The van der Waals surface area contributed by atoms with Gasteiger partial charge in [0.25, 0.3) is 0 Å². The fraction of sp³-hybridized carbons (Fsp3) is 0.500. The predicted molar refractivity (Wildman–Crippen MR) is 56.5 cm³/mol. The lowest BCUT2D eigenvalue weighted by molar-refractivity contribution is -0.180. The smallest absolute Gasteiger partial charge is 0.355 e. The molecule has 7 heteroatoms. The van der Waals surface area contributed by atoms with E-state index < -0.39 is 12.1 Å². The topological polar surface area (TPSA) is 29.0 Å². The van der Waals surface area contributed by atoms with E-state index in [0.29, 0.717) is 5.82 Å². The number of anilines is 1. The van der Waals surface area contributed by atoms with Crippen molar-refractivity contribution >= 4 is 28.4 Å². The summed E-state index contributed by atoms with van der Waals surface area (Å²) < 4.78 is 37.4. The zero-order valence-corrected chi connectivity index (χ0v) is 9.66. The lowest BCUT2D eigenvalue weighted by Crippen LogP contribution is -2.53. The fourth-order valence-electron chi connectivity index (χ4n) is 1.37. The Hall–Kier alpha value is -0.600. The lowest BCUT2D eigenvalue weighted by Gasteiger charge is -2.40. The van der Waals surface area contributed by atoms with Gasteiger partial charge in [-0.25, -0.2) is 9.97 Å². The van der Waals surface area contributed by atoms with Gasteiger partial charge in [0.15, 0.2) is 0 Å². The number of aromatic nitrogens is 2. The molecule has 2 rings (SSSR count). The number of nitrogens with zero attached hydrogens (tertiary/aromatic N) is 3. The van der Waals surface area contributed by atoms with E-state index in [1.165, 1.54) is 6.33 Å². The first-order chi connectivity index (χ1) is 6.97. The average molecular weight is 329 g/mol. The minimum atomic E-state index is -4.09. The molecular formula is C8H7F3IN3. The zero-order valence-electron chi connectivity index (χ0n) is 7.50. The number of rotatable bonds is 1. The van der Waals surface area contributed by atoms with Crippen LogP contribution in [-0.2, 0) is 0 Å². The van der Waals surface area contributed by atoms with Crippen molar-refractivity contribution in [2.45, 2.75) is 6.18 Å². The second-order valence-corrected chi connectivity index (χ2v) is 4.45. The molecule has 2 heterocycles. The van der Waals surface area contributed by atoms with Gasteiger partial charge in [-0.2, -0.15) is 13.2 Å². The largest absolute Gasteiger partial charge is 0.395 e. The van der Waals surface area contributed by atoms with Crippen LogP contribution in [-0.4, -0.2) is 29.2 Å². The summed E-state index contributed by atoms with van der Waals surface area (Å²) in [4.78, 5) is 9.40. The molecule has 0 amide bonds. The molecule has 0 N–H and O–H groups in total. The molecule has 15 heavy (non-hydrogen) atoms. The Morgan fingerprint density at radius 2 is 2.00 bits per heavy atom. The molecule has 0 unspecified atom stereocenters. The molecule has 1 aliphatic rings. The van der Waals surface area contributed by atoms with Crippen LogP contribution in [0.3, 0.4) is 0 Å². The number of hydrogen-bond donors (Lipinski definition) is 0. The van der Waals surface area contributed by atoms with Crippen LogP contribution >= 0.6 is 22.6 Å². The van der Waals surface area contributed by atoms with Gasteiger partial charge in [-0.15, -0.1) is 0 Å². The van der Waals surface area contributed by atoms with Crippen molar-refractivity contribution < 1.29 is 13.2 Å². The first-order valence-corrected chi connectivity index (χ1v) is 5.34. The van der Waals surface area contributed by atoms with Crippen LogP contribution in [0.15, 0.2) is 12.4 Å². The van der Waals surface area contributed by atoms with Crippen LogP contribution in [0.2, 0.25) is 0 Å². The van der Waals surface area contributed by atoms with Crippen molar-refractivity contribution in [2.75, 3.05) is 18.0 Å². The molecule has 1 saturated heterocycles. The maximum atomic E-state index is 12.2. The SMILES string of the molecule is FC(F)(F)C1CN(c2cc(I)ncn2)C1. The molecule has 0 atom stereocenters. The molecule has 0 aromatic carbocycles. The van der Waals surface area contributed by atoms with E-state index in [2.05, 4.69) is 9.97 Å². The van der Waals surface area contributed by atoms with Crippen LogP contribution in [0, 0.1) is 9.62 Å². The van der Waals surface area contributed by atoms with E-state index in [1.54, 1.807) is 11.0 Å². The van der Waals surface area contributed by atoms with Crippen LogP contribution in [0.1, 0.15) is 0 Å². The summed E-state index contributed by atoms with van der Waals surface area (Å²) in [5.74, 6) is -0.653. The number of alkyl halides is 3. The van der Waals surface area contributed by atoms with Crippen molar-refractivity contribution in [3.63, 3.8) is 0 Å². The first kappa shape index (κ1) is 10.9. The highest BCUT2D eigenvalue weighted by molar-refractivity contribution is 14.1. The fourth-order valence-corrected chi connectivity index (χ4v) is 1.77. The summed E-state index contributed by atoms with van der Waals surface area (Å²) in [6.07, 6.45) is -2.73. The van der Waals surface area contributed by atoms with Gasteiger partial charge in [0.1, 0.15) is 15.8 Å². The molecule has 0 aliphatic carbocycles. The van der Waals surface area contributed by atoms with Gasteiger partial charge in [0.2, 0.25) is 0 Å². The van der Waals surface area contributed by atoms with E-state index >= 15 is 0 Å². The Morgan fingerprint density at radius 3 is 2.53 bits per heavy atom. The summed E-state index contributed by atoms with van der Waals surface area (Å²) >= 11 is 2.00. The van der Waals surface area contributed by atoms with Crippen molar-refractivity contribution in [2.24, 2.45) is 5.92 Å². The molecule has 0 spiro atoms. The van der Waals surface area contributed by atoms with E-state index in [1.807, 2.05) is 22.6 Å². The maximum absolute atomic E-state index is 12.2. The predicted octanol–water partition coefficient (Wildman–Crippen LogP) is 2.08. The molecule has 0 saturated carbocycles. The van der Waals surface area contributed by atoms with Gasteiger partial charge in [0.05, 0.1) is 5.92 Å².